The lowest BCUT2D eigenvalue weighted by Gasteiger charge is -2.01. The van der Waals surface area contributed by atoms with E-state index < -0.39 is 0 Å². The van der Waals surface area contributed by atoms with Gasteiger partial charge in [-0.15, -0.1) is 11.3 Å². The average Bonchev–Trinajstić information content (AvgIpc) is 2.97. The van der Waals surface area contributed by atoms with Crippen molar-refractivity contribution in [3.05, 3.63) is 81.6 Å². The number of anilines is 1. The molecule has 0 saturated heterocycles. The molecule has 0 spiro atoms. The number of thiazole rings is 1. The van der Waals surface area contributed by atoms with Gasteiger partial charge in [0.25, 0.3) is 5.91 Å². The number of benzene rings is 2. The molecule has 0 aliphatic rings. The second-order valence-electron chi connectivity index (χ2n) is 4.90. The molecule has 1 amide bonds. The van der Waals surface area contributed by atoms with Crippen LogP contribution in [0.1, 0.15) is 20.8 Å². The van der Waals surface area contributed by atoms with Crippen molar-refractivity contribution < 1.29 is 9.18 Å². The summed E-state index contributed by atoms with van der Waals surface area (Å²) in [7, 11) is 0. The zero-order valence-electron chi connectivity index (χ0n) is 11.9. The third-order valence-electron chi connectivity index (χ3n) is 3.17. The quantitative estimate of drug-likeness (QED) is 0.738. The number of halogens is 2. The maximum Gasteiger partial charge on any atom is 0.257 e. The van der Waals surface area contributed by atoms with E-state index in [1.54, 1.807) is 6.20 Å². The predicted octanol–water partition coefficient (Wildman–Crippen LogP) is 4.78. The van der Waals surface area contributed by atoms with Crippen molar-refractivity contribution in [3.8, 4) is 0 Å². The van der Waals surface area contributed by atoms with Crippen LogP contribution in [0.5, 0.6) is 0 Å². The van der Waals surface area contributed by atoms with Crippen molar-refractivity contribution in [1.82, 2.24) is 4.98 Å². The van der Waals surface area contributed by atoms with Crippen LogP contribution in [-0.2, 0) is 6.42 Å². The van der Waals surface area contributed by atoms with Gasteiger partial charge in [0.1, 0.15) is 5.82 Å². The van der Waals surface area contributed by atoms with Crippen LogP contribution in [0.3, 0.4) is 0 Å². The Labute approximate surface area is 141 Å². The van der Waals surface area contributed by atoms with Crippen LogP contribution < -0.4 is 5.32 Å². The molecule has 1 heterocycles. The zero-order chi connectivity index (χ0) is 16.2. The molecule has 0 aliphatic carbocycles. The van der Waals surface area contributed by atoms with Crippen molar-refractivity contribution >= 4 is 34.0 Å². The minimum atomic E-state index is -0.374. The molecule has 1 aromatic heterocycles. The number of aromatic nitrogens is 1. The lowest BCUT2D eigenvalue weighted by molar-refractivity contribution is 0.102. The summed E-state index contributed by atoms with van der Waals surface area (Å²) in [5, 5.41) is 3.93. The molecule has 0 unspecified atom stereocenters. The second-order valence-corrected chi connectivity index (χ2v) is 6.45. The van der Waals surface area contributed by atoms with Crippen LogP contribution in [0.4, 0.5) is 9.52 Å². The Balaban J connectivity index is 1.66. The minimum absolute atomic E-state index is 0.308. The van der Waals surface area contributed by atoms with Crippen LogP contribution in [0, 0.1) is 5.82 Å². The Morgan fingerprint density at radius 1 is 1.13 bits per heavy atom. The van der Waals surface area contributed by atoms with E-state index in [-0.39, 0.29) is 11.7 Å². The lowest BCUT2D eigenvalue weighted by Crippen LogP contribution is -2.11. The molecule has 0 aliphatic heterocycles. The summed E-state index contributed by atoms with van der Waals surface area (Å²) in [6.07, 6.45) is 2.46. The van der Waals surface area contributed by atoms with Gasteiger partial charge in [-0.05, 0) is 42.0 Å². The molecule has 0 fully saturated rings. The summed E-state index contributed by atoms with van der Waals surface area (Å²) >= 11 is 7.27. The van der Waals surface area contributed by atoms with Gasteiger partial charge in [-0.25, -0.2) is 9.37 Å². The first-order valence-corrected chi connectivity index (χ1v) is 8.06. The normalized spacial score (nSPS) is 10.5. The lowest BCUT2D eigenvalue weighted by atomic mass is 10.1. The average molecular weight is 347 g/mol. The number of carbonyl (C=O) groups excluding carboxylic acids is 1. The van der Waals surface area contributed by atoms with E-state index in [0.29, 0.717) is 15.7 Å². The van der Waals surface area contributed by atoms with E-state index in [2.05, 4.69) is 10.3 Å². The van der Waals surface area contributed by atoms with Gasteiger partial charge in [0.05, 0.1) is 0 Å². The Kier molecular flexibility index (Phi) is 4.69. The topological polar surface area (TPSA) is 42.0 Å². The largest absolute Gasteiger partial charge is 0.298 e. The zero-order valence-corrected chi connectivity index (χ0v) is 13.5. The number of carbonyl (C=O) groups is 1. The standard InChI is InChI=1S/C17H12ClFN2OS/c18-13-5-1-11(2-6-13)9-15-10-20-17(23-15)21-16(22)12-3-7-14(19)8-4-12/h1-8,10H,9H2,(H,20,21,22). The number of hydrogen-bond donors (Lipinski definition) is 1. The van der Waals surface area contributed by atoms with Gasteiger partial charge in [-0.2, -0.15) is 0 Å². The van der Waals surface area contributed by atoms with Gasteiger partial charge in [-0.1, -0.05) is 23.7 Å². The van der Waals surface area contributed by atoms with Crippen LogP contribution in [0.15, 0.2) is 54.7 Å². The fourth-order valence-electron chi connectivity index (χ4n) is 2.02. The second kappa shape index (κ2) is 6.89. The molecule has 0 atom stereocenters. The summed E-state index contributed by atoms with van der Waals surface area (Å²) in [5.41, 5.74) is 1.51. The molecule has 0 saturated carbocycles. The Morgan fingerprint density at radius 2 is 1.83 bits per heavy atom. The SMILES string of the molecule is O=C(Nc1ncc(Cc2ccc(Cl)cc2)s1)c1ccc(F)cc1. The van der Waals surface area contributed by atoms with Crippen molar-refractivity contribution in [2.75, 3.05) is 5.32 Å². The minimum Gasteiger partial charge on any atom is -0.298 e. The summed E-state index contributed by atoms with van der Waals surface area (Å²) in [4.78, 5) is 17.3. The summed E-state index contributed by atoms with van der Waals surface area (Å²) in [6, 6.07) is 13.0. The van der Waals surface area contributed by atoms with Gasteiger partial charge in [0, 0.05) is 28.1 Å². The molecule has 0 radical (unpaired) electrons. The molecule has 116 valence electrons. The van der Waals surface area contributed by atoms with Crippen LogP contribution >= 0.6 is 22.9 Å². The van der Waals surface area contributed by atoms with E-state index >= 15 is 0 Å². The van der Waals surface area contributed by atoms with E-state index in [0.717, 1.165) is 16.9 Å². The fourth-order valence-corrected chi connectivity index (χ4v) is 2.99. The molecule has 3 rings (SSSR count). The summed E-state index contributed by atoms with van der Waals surface area (Å²) in [5.74, 6) is -0.682. The molecule has 3 nitrogen and oxygen atoms in total. The van der Waals surface area contributed by atoms with Gasteiger partial charge in [-0.3, -0.25) is 10.1 Å². The van der Waals surface area contributed by atoms with E-state index in [1.807, 2.05) is 24.3 Å². The molecular weight excluding hydrogens is 335 g/mol. The van der Waals surface area contributed by atoms with Crippen molar-refractivity contribution in [3.63, 3.8) is 0 Å². The highest BCUT2D eigenvalue weighted by Crippen LogP contribution is 2.22. The van der Waals surface area contributed by atoms with Crippen LogP contribution in [0.25, 0.3) is 0 Å². The van der Waals surface area contributed by atoms with E-state index in [9.17, 15) is 9.18 Å². The maximum absolute atomic E-state index is 12.9. The maximum atomic E-state index is 12.9. The highest BCUT2D eigenvalue weighted by atomic mass is 35.5. The number of amides is 1. The van der Waals surface area contributed by atoms with Gasteiger partial charge in [0.15, 0.2) is 5.13 Å². The molecule has 1 N–H and O–H groups in total. The number of nitrogens with zero attached hydrogens (tertiary/aromatic N) is 1. The molecule has 23 heavy (non-hydrogen) atoms. The summed E-state index contributed by atoms with van der Waals surface area (Å²) < 4.78 is 12.9. The first-order chi connectivity index (χ1) is 11.1. The smallest absolute Gasteiger partial charge is 0.257 e. The van der Waals surface area contributed by atoms with Crippen molar-refractivity contribution in [2.24, 2.45) is 0 Å². The number of rotatable bonds is 4. The van der Waals surface area contributed by atoms with Gasteiger partial charge >= 0.3 is 0 Å². The molecule has 0 bridgehead atoms. The third-order valence-corrected chi connectivity index (χ3v) is 4.34. The molecule has 3 aromatic rings. The summed E-state index contributed by atoms with van der Waals surface area (Å²) in [6.45, 7) is 0. The first-order valence-electron chi connectivity index (χ1n) is 6.86. The Bertz CT molecular complexity index is 815. The van der Waals surface area contributed by atoms with E-state index in [4.69, 9.17) is 11.6 Å². The van der Waals surface area contributed by atoms with Gasteiger partial charge in [0.2, 0.25) is 0 Å². The predicted molar refractivity (Wildman–Crippen MR) is 90.7 cm³/mol. The highest BCUT2D eigenvalue weighted by molar-refractivity contribution is 7.15. The Hall–Kier alpha value is -2.24. The van der Waals surface area contributed by atoms with Crippen molar-refractivity contribution in [1.29, 1.82) is 0 Å². The van der Waals surface area contributed by atoms with Crippen LogP contribution in [0.2, 0.25) is 5.02 Å². The monoisotopic (exact) mass is 346 g/mol. The number of hydrogen-bond acceptors (Lipinski definition) is 3. The van der Waals surface area contributed by atoms with E-state index in [1.165, 1.54) is 35.6 Å². The fraction of sp³-hybridized carbons (Fsp3) is 0.0588. The molecular formula is C17H12ClFN2OS. The van der Waals surface area contributed by atoms with Gasteiger partial charge < -0.3 is 0 Å². The Morgan fingerprint density at radius 3 is 2.52 bits per heavy atom. The van der Waals surface area contributed by atoms with Crippen LogP contribution in [-0.4, -0.2) is 10.9 Å². The van der Waals surface area contributed by atoms with Crippen molar-refractivity contribution in [2.45, 2.75) is 6.42 Å². The molecule has 2 aromatic carbocycles. The number of nitrogens with one attached hydrogen (secondary N) is 1. The first kappa shape index (κ1) is 15.6. The molecule has 6 heteroatoms. The third kappa shape index (κ3) is 4.15. The highest BCUT2D eigenvalue weighted by Gasteiger charge is 2.09.